The Kier molecular flexibility index (Phi) is 15.4. The molecule has 0 aliphatic heterocycles. The summed E-state index contributed by atoms with van der Waals surface area (Å²) in [5.74, 6) is 0. The minimum atomic E-state index is -6.13. The van der Waals surface area contributed by atoms with E-state index in [4.69, 9.17) is 5.26 Å². The number of allylic oxidation sites excluding steroid dienone is 1. The second-order valence-corrected chi connectivity index (χ2v) is 16.5. The van der Waals surface area contributed by atoms with Crippen LogP contribution in [0.15, 0.2) is 121 Å². The number of halogens is 24. The smallest absolute Gasteiger partial charge is 0.194 e. The van der Waals surface area contributed by atoms with Gasteiger partial charge in [0.15, 0.2) is 12.7 Å². The van der Waals surface area contributed by atoms with Crippen molar-refractivity contribution in [1.82, 2.24) is 0 Å². The van der Waals surface area contributed by atoms with Crippen molar-refractivity contribution >= 4 is 44.9 Å². The molecule has 1 heterocycles. The third-order valence-electron chi connectivity index (χ3n) is 10.7. The molecule has 0 amide bonds. The number of nitriles is 1. The summed E-state index contributed by atoms with van der Waals surface area (Å²) in [6, 6.07) is 3.45. The minimum Gasteiger partial charge on any atom is -0.194 e. The molecule has 0 atom stereocenters. The highest BCUT2D eigenvalue weighted by Crippen LogP contribution is 2.41. The van der Waals surface area contributed by atoms with Crippen LogP contribution in [0.25, 0.3) is 5.57 Å². The van der Waals surface area contributed by atoms with Crippen LogP contribution in [0.2, 0.25) is 0 Å². The molecule has 0 radical (unpaired) electrons. The quantitative estimate of drug-likeness (QED) is 0.0678. The summed E-state index contributed by atoms with van der Waals surface area (Å²) in [4.78, 5) is 0. The molecule has 0 N–H and O–H groups in total. The van der Waals surface area contributed by atoms with Gasteiger partial charge >= 0.3 is 49.4 Å². The monoisotopic (exact) mass is 1090 g/mol. The van der Waals surface area contributed by atoms with Crippen LogP contribution in [-0.2, 0) is 56.0 Å². The van der Waals surface area contributed by atoms with Crippen molar-refractivity contribution < 1.29 is 110 Å². The van der Waals surface area contributed by atoms with Gasteiger partial charge in [0.05, 0.1) is 49.9 Å². The number of aromatic nitrogens is 1. The van der Waals surface area contributed by atoms with E-state index in [1.165, 1.54) is 5.56 Å². The minimum absolute atomic E-state index is 0.519. The van der Waals surface area contributed by atoms with Gasteiger partial charge in [0, 0.05) is 5.56 Å². The van der Waals surface area contributed by atoms with Crippen molar-refractivity contribution in [1.29, 1.82) is 5.26 Å². The zero-order valence-electron chi connectivity index (χ0n) is 35.3. The van der Waals surface area contributed by atoms with Gasteiger partial charge in [-0.3, -0.25) is 0 Å². The summed E-state index contributed by atoms with van der Waals surface area (Å²) < 4.78 is 343. The van der Waals surface area contributed by atoms with E-state index in [0.29, 0.717) is 5.57 Å². The molecule has 0 spiro atoms. The Balaban J connectivity index is 0.000000520. The molecule has 6 rings (SSSR count). The highest BCUT2D eigenvalue weighted by Gasteiger charge is 2.47. The maximum Gasteiger partial charge on any atom is 0.416 e. The summed E-state index contributed by atoms with van der Waals surface area (Å²) >= 11 is 1.54. The van der Waals surface area contributed by atoms with E-state index >= 15 is 0 Å². The van der Waals surface area contributed by atoms with Crippen molar-refractivity contribution in [2.45, 2.75) is 56.0 Å². The Bertz CT molecular complexity index is 2580. The molecule has 0 unspecified atom stereocenters. The van der Waals surface area contributed by atoms with Crippen LogP contribution in [0.4, 0.5) is 105 Å². The molecule has 0 fully saturated rings. The number of thiazole rings is 1. The molecule has 5 aromatic carbocycles. The SMILES string of the molecule is C=C(C#N)c1scc[n+]1Cc1ccccc1.FC(F)(F)c1cc([B-](c2cc(C(F)(F)F)cc(C(F)(F)F)c2)(c2cc(C(F)(F)F)cc(C(F)(F)F)c2)c2cc(C(F)(F)F)cc(C(F)(F)F)c2)cc(C(F)(F)F)c1. The van der Waals surface area contributed by atoms with E-state index in [-0.39, 0.29) is 0 Å². The van der Waals surface area contributed by atoms with Crippen LogP contribution in [0.3, 0.4) is 0 Å². The molecule has 2 nitrogen and oxygen atoms in total. The number of alkyl halides is 24. The van der Waals surface area contributed by atoms with Crippen molar-refractivity contribution in [3.63, 3.8) is 0 Å². The first-order valence-corrected chi connectivity index (χ1v) is 20.4. The van der Waals surface area contributed by atoms with E-state index in [1.54, 1.807) is 11.3 Å². The van der Waals surface area contributed by atoms with E-state index < -0.39 is 195 Å². The van der Waals surface area contributed by atoms with Crippen LogP contribution < -0.4 is 26.4 Å². The van der Waals surface area contributed by atoms with E-state index in [1.807, 2.05) is 34.3 Å². The standard InChI is InChI=1S/C32H12BF24.C13H11N2S/c34-25(35,36)13-1-14(26(37,38)39)6-21(5-13)33(22-7-15(27(40,41)42)2-16(8-22)28(43,44)45,23-9-17(29(46,47)48)3-18(10-23)30(49,50)51)24-11-19(31(52,53)54)4-20(12-24)32(55,56)57;1-11(9-14)13-15(7-8-16-13)10-12-5-3-2-4-6-12/h1-12H;2-8H,1,10H2/q-1;+1. The Morgan fingerprint density at radius 1 is 0.425 bits per heavy atom. The zero-order chi connectivity index (χ0) is 55.3. The first-order chi connectivity index (χ1) is 33.1. The van der Waals surface area contributed by atoms with Gasteiger partial charge in [-0.2, -0.15) is 137 Å². The van der Waals surface area contributed by atoms with Crippen molar-refractivity contribution in [2.24, 2.45) is 0 Å². The molecule has 73 heavy (non-hydrogen) atoms. The fourth-order valence-electron chi connectivity index (χ4n) is 7.57. The second-order valence-electron chi connectivity index (χ2n) is 15.6. The summed E-state index contributed by atoms with van der Waals surface area (Å²) in [5.41, 5.74) is -28.5. The molecule has 0 aliphatic rings. The Morgan fingerprint density at radius 2 is 0.671 bits per heavy atom. The fraction of sp³-hybridized carbons (Fsp3) is 0.200. The number of benzene rings is 5. The van der Waals surface area contributed by atoms with Gasteiger partial charge < -0.3 is 0 Å². The van der Waals surface area contributed by atoms with Crippen LogP contribution in [-0.4, -0.2) is 6.15 Å². The van der Waals surface area contributed by atoms with Crippen molar-refractivity contribution in [3.05, 3.63) is 176 Å². The topological polar surface area (TPSA) is 27.7 Å². The molecule has 1 aromatic heterocycles. The maximum atomic E-state index is 14.2. The van der Waals surface area contributed by atoms with Gasteiger partial charge in [-0.05, 0) is 24.3 Å². The van der Waals surface area contributed by atoms with Crippen molar-refractivity contribution in [2.75, 3.05) is 0 Å². The lowest BCUT2D eigenvalue weighted by molar-refractivity contribution is -0.685. The molecular weight excluding hydrogens is 1070 g/mol. The largest absolute Gasteiger partial charge is 0.416 e. The first kappa shape index (κ1) is 57.2. The summed E-state index contributed by atoms with van der Waals surface area (Å²) in [5, 5.41) is 11.7. The van der Waals surface area contributed by atoms with E-state index in [0.717, 1.165) is 11.6 Å². The number of hydrogen-bond donors (Lipinski definition) is 0. The fourth-order valence-corrected chi connectivity index (χ4v) is 8.36. The Labute approximate surface area is 398 Å². The molecule has 0 saturated heterocycles. The number of hydrogen-bond acceptors (Lipinski definition) is 2. The molecule has 0 bridgehead atoms. The predicted molar refractivity (Wildman–Crippen MR) is 215 cm³/mol. The van der Waals surface area contributed by atoms with Crippen LogP contribution in [0, 0.1) is 11.3 Å². The zero-order valence-corrected chi connectivity index (χ0v) is 36.2. The average molecular weight is 1090 g/mol. The Hall–Kier alpha value is -6.66. The summed E-state index contributed by atoms with van der Waals surface area (Å²) in [7, 11) is 0. The summed E-state index contributed by atoms with van der Waals surface area (Å²) in [6.07, 6.45) is -52.8. The maximum absolute atomic E-state index is 14.2. The lowest BCUT2D eigenvalue weighted by atomic mass is 9.12. The van der Waals surface area contributed by atoms with Gasteiger partial charge in [0.2, 0.25) is 0 Å². The van der Waals surface area contributed by atoms with Gasteiger partial charge in [-0.1, -0.05) is 96.8 Å². The summed E-state index contributed by atoms with van der Waals surface area (Å²) in [6.45, 7) is 4.52. The van der Waals surface area contributed by atoms with Gasteiger partial charge in [0.1, 0.15) is 17.8 Å². The van der Waals surface area contributed by atoms with E-state index in [9.17, 15) is 105 Å². The molecule has 0 aliphatic carbocycles. The highest BCUT2D eigenvalue weighted by molar-refractivity contribution is 7.20. The lowest BCUT2D eigenvalue weighted by Crippen LogP contribution is -2.75. The molecule has 390 valence electrons. The first-order valence-electron chi connectivity index (χ1n) is 19.5. The molecule has 0 saturated carbocycles. The Morgan fingerprint density at radius 3 is 0.890 bits per heavy atom. The van der Waals surface area contributed by atoms with Crippen LogP contribution >= 0.6 is 11.3 Å². The molecular formula is C45H23BF24N2S. The van der Waals surface area contributed by atoms with Crippen LogP contribution in [0.5, 0.6) is 0 Å². The van der Waals surface area contributed by atoms with Gasteiger partial charge in [-0.25, -0.2) is 0 Å². The lowest BCUT2D eigenvalue weighted by Gasteiger charge is -2.46. The van der Waals surface area contributed by atoms with E-state index in [2.05, 4.69) is 24.8 Å². The predicted octanol–water partition coefficient (Wildman–Crippen LogP) is 13.8. The third kappa shape index (κ3) is 13.1. The number of rotatable bonds is 7. The van der Waals surface area contributed by atoms with Crippen LogP contribution in [0.1, 0.15) is 55.1 Å². The molecule has 28 heteroatoms. The molecule has 6 aromatic rings. The third-order valence-corrected chi connectivity index (χ3v) is 11.7. The van der Waals surface area contributed by atoms with Gasteiger partial charge in [-0.15, -0.1) is 0 Å². The van der Waals surface area contributed by atoms with Gasteiger partial charge in [0.25, 0.3) is 5.01 Å². The second kappa shape index (κ2) is 19.6. The average Bonchev–Trinajstić information content (AvgIpc) is 3.72. The number of nitrogens with zero attached hydrogens (tertiary/aromatic N) is 2. The van der Waals surface area contributed by atoms with Crippen molar-refractivity contribution in [3.8, 4) is 6.07 Å². The highest BCUT2D eigenvalue weighted by atomic mass is 32.1. The normalized spacial score (nSPS) is 13.3.